The topological polar surface area (TPSA) is 101 Å². The standard InChI is InChI=1S/C20H26N4O5/c25-24(26)19-13-23-11-7-18(29-20(23)22-19)14-28-17-3-1-16(2-4-17)27-12-8-15-5-9-21-10-6-15/h1-4,13,15,18,21H,5-12,14H2/t18-/m1/s1. The summed E-state index contributed by atoms with van der Waals surface area (Å²) in [5, 5.41) is 14.2. The van der Waals surface area contributed by atoms with Crippen molar-refractivity contribution in [1.29, 1.82) is 0 Å². The summed E-state index contributed by atoms with van der Waals surface area (Å²) in [6.45, 7) is 3.94. The molecule has 1 aromatic carbocycles. The first-order valence-corrected chi connectivity index (χ1v) is 10.1. The summed E-state index contributed by atoms with van der Waals surface area (Å²) in [6.07, 6.45) is 5.46. The van der Waals surface area contributed by atoms with Gasteiger partial charge in [0, 0.05) is 17.9 Å². The van der Waals surface area contributed by atoms with E-state index in [1.165, 1.54) is 19.0 Å². The Labute approximate surface area is 169 Å². The number of aromatic nitrogens is 2. The Kier molecular flexibility index (Phi) is 6.14. The Bertz CT molecular complexity index is 817. The van der Waals surface area contributed by atoms with E-state index in [0.717, 1.165) is 43.5 Å². The molecule has 2 aromatic rings. The molecule has 0 bridgehead atoms. The van der Waals surface area contributed by atoms with Crippen molar-refractivity contribution in [3.8, 4) is 17.5 Å². The monoisotopic (exact) mass is 402 g/mol. The van der Waals surface area contributed by atoms with E-state index in [9.17, 15) is 10.1 Å². The van der Waals surface area contributed by atoms with Crippen LogP contribution in [-0.2, 0) is 6.54 Å². The van der Waals surface area contributed by atoms with Crippen LogP contribution < -0.4 is 19.5 Å². The smallest absolute Gasteiger partial charge is 0.414 e. The second kappa shape index (κ2) is 9.13. The summed E-state index contributed by atoms with van der Waals surface area (Å²) in [7, 11) is 0. The van der Waals surface area contributed by atoms with Crippen LogP contribution in [0.2, 0.25) is 0 Å². The molecule has 156 valence electrons. The van der Waals surface area contributed by atoms with Gasteiger partial charge in [0.25, 0.3) is 0 Å². The number of nitrogens with zero attached hydrogens (tertiary/aromatic N) is 3. The maximum absolute atomic E-state index is 10.8. The van der Waals surface area contributed by atoms with E-state index in [1.807, 2.05) is 24.3 Å². The zero-order valence-corrected chi connectivity index (χ0v) is 16.3. The molecule has 0 aliphatic carbocycles. The van der Waals surface area contributed by atoms with Gasteiger partial charge < -0.3 is 29.6 Å². The highest BCUT2D eigenvalue weighted by Crippen LogP contribution is 2.25. The summed E-state index contributed by atoms with van der Waals surface area (Å²) in [6, 6.07) is 7.86. The summed E-state index contributed by atoms with van der Waals surface area (Å²) in [4.78, 5) is 14.2. The number of imidazole rings is 1. The third kappa shape index (κ3) is 5.17. The lowest BCUT2D eigenvalue weighted by Gasteiger charge is -2.22. The minimum atomic E-state index is -0.518. The predicted octanol–water partition coefficient (Wildman–Crippen LogP) is 2.79. The van der Waals surface area contributed by atoms with Crippen LogP contribution in [0.3, 0.4) is 0 Å². The second-order valence-electron chi connectivity index (χ2n) is 7.47. The Balaban J connectivity index is 1.20. The van der Waals surface area contributed by atoms with Crippen LogP contribution in [-0.4, -0.2) is 46.9 Å². The summed E-state index contributed by atoms with van der Waals surface area (Å²) in [5.41, 5.74) is 0. The molecule has 9 nitrogen and oxygen atoms in total. The van der Waals surface area contributed by atoms with Crippen LogP contribution in [0.4, 0.5) is 5.82 Å². The second-order valence-corrected chi connectivity index (χ2v) is 7.47. The molecule has 3 heterocycles. The summed E-state index contributed by atoms with van der Waals surface area (Å²) < 4.78 is 19.0. The molecular formula is C20H26N4O5. The zero-order chi connectivity index (χ0) is 20.1. The van der Waals surface area contributed by atoms with Crippen LogP contribution in [0, 0.1) is 16.0 Å². The van der Waals surface area contributed by atoms with Gasteiger partial charge in [-0.1, -0.05) is 0 Å². The lowest BCUT2D eigenvalue weighted by atomic mass is 9.95. The molecule has 4 rings (SSSR count). The summed E-state index contributed by atoms with van der Waals surface area (Å²) >= 11 is 0. The van der Waals surface area contributed by atoms with Gasteiger partial charge in [0.1, 0.15) is 30.4 Å². The molecule has 0 unspecified atom stereocenters. The first-order valence-electron chi connectivity index (χ1n) is 10.1. The fourth-order valence-electron chi connectivity index (χ4n) is 3.67. The number of aryl methyl sites for hydroxylation is 1. The SMILES string of the molecule is O=[N+]([O-])c1cn2c(n1)O[C@@H](COc1ccc(OCCC3CCNCC3)cc1)CC2. The van der Waals surface area contributed by atoms with Crippen molar-refractivity contribution in [3.63, 3.8) is 0 Å². The van der Waals surface area contributed by atoms with E-state index >= 15 is 0 Å². The van der Waals surface area contributed by atoms with E-state index in [4.69, 9.17) is 14.2 Å². The number of piperidine rings is 1. The zero-order valence-electron chi connectivity index (χ0n) is 16.3. The third-order valence-electron chi connectivity index (χ3n) is 5.39. The molecule has 0 amide bonds. The fourth-order valence-corrected chi connectivity index (χ4v) is 3.67. The van der Waals surface area contributed by atoms with Crippen molar-refractivity contribution < 1.29 is 19.1 Å². The van der Waals surface area contributed by atoms with Crippen LogP contribution in [0.5, 0.6) is 17.5 Å². The minimum Gasteiger partial charge on any atom is -0.494 e. The van der Waals surface area contributed by atoms with E-state index < -0.39 is 4.92 Å². The van der Waals surface area contributed by atoms with E-state index in [0.29, 0.717) is 19.6 Å². The molecule has 1 atom stereocenters. The number of fused-ring (bicyclic) bond motifs is 1. The van der Waals surface area contributed by atoms with E-state index in [1.54, 1.807) is 4.57 Å². The molecule has 1 aromatic heterocycles. The molecule has 1 saturated heterocycles. The quantitative estimate of drug-likeness (QED) is 0.535. The van der Waals surface area contributed by atoms with Crippen molar-refractivity contribution in [2.45, 2.75) is 38.3 Å². The van der Waals surface area contributed by atoms with Crippen molar-refractivity contribution in [2.24, 2.45) is 5.92 Å². The maximum Gasteiger partial charge on any atom is 0.414 e. The molecule has 0 spiro atoms. The highest BCUT2D eigenvalue weighted by Gasteiger charge is 2.28. The largest absolute Gasteiger partial charge is 0.494 e. The van der Waals surface area contributed by atoms with Crippen LogP contribution in [0.25, 0.3) is 0 Å². The third-order valence-corrected chi connectivity index (χ3v) is 5.39. The minimum absolute atomic E-state index is 0.189. The van der Waals surface area contributed by atoms with E-state index in [-0.39, 0.29) is 17.9 Å². The molecule has 29 heavy (non-hydrogen) atoms. The molecule has 9 heteroatoms. The Hall–Kier alpha value is -2.81. The summed E-state index contributed by atoms with van der Waals surface area (Å²) in [5.74, 6) is 2.14. The highest BCUT2D eigenvalue weighted by atomic mass is 16.6. The van der Waals surface area contributed by atoms with Gasteiger partial charge >= 0.3 is 11.8 Å². The van der Waals surface area contributed by atoms with Gasteiger partial charge in [0.05, 0.1) is 6.61 Å². The number of rotatable bonds is 8. The molecule has 2 aliphatic heterocycles. The average Bonchev–Trinajstić information content (AvgIpc) is 3.18. The van der Waals surface area contributed by atoms with Gasteiger partial charge in [-0.05, 0) is 67.5 Å². The molecule has 1 fully saturated rings. The van der Waals surface area contributed by atoms with Crippen molar-refractivity contribution in [3.05, 3.63) is 40.6 Å². The van der Waals surface area contributed by atoms with Crippen LogP contribution in [0.15, 0.2) is 30.5 Å². The van der Waals surface area contributed by atoms with Crippen molar-refractivity contribution >= 4 is 5.82 Å². The lowest BCUT2D eigenvalue weighted by Crippen LogP contribution is -2.31. The van der Waals surface area contributed by atoms with E-state index in [2.05, 4.69) is 10.3 Å². The molecule has 0 radical (unpaired) electrons. The number of nitrogens with one attached hydrogen (secondary N) is 1. The number of hydrogen-bond acceptors (Lipinski definition) is 7. The Morgan fingerprint density at radius 3 is 2.62 bits per heavy atom. The molecular weight excluding hydrogens is 376 g/mol. The first kappa shape index (κ1) is 19.5. The lowest BCUT2D eigenvalue weighted by molar-refractivity contribution is -0.389. The molecule has 2 aliphatic rings. The molecule has 1 N–H and O–H groups in total. The Morgan fingerprint density at radius 2 is 1.90 bits per heavy atom. The van der Waals surface area contributed by atoms with Gasteiger partial charge in [0.15, 0.2) is 0 Å². The molecule has 0 saturated carbocycles. The van der Waals surface area contributed by atoms with Gasteiger partial charge in [-0.15, -0.1) is 0 Å². The Morgan fingerprint density at radius 1 is 1.17 bits per heavy atom. The van der Waals surface area contributed by atoms with Gasteiger partial charge in [-0.2, -0.15) is 0 Å². The maximum atomic E-state index is 10.8. The number of benzene rings is 1. The van der Waals surface area contributed by atoms with Gasteiger partial charge in [-0.25, -0.2) is 0 Å². The number of hydrogen-bond donors (Lipinski definition) is 1. The van der Waals surface area contributed by atoms with Crippen molar-refractivity contribution in [2.75, 3.05) is 26.3 Å². The average molecular weight is 402 g/mol. The van der Waals surface area contributed by atoms with Gasteiger partial charge in [-0.3, -0.25) is 4.57 Å². The number of nitro groups is 1. The number of ether oxygens (including phenoxy) is 3. The fraction of sp³-hybridized carbons (Fsp3) is 0.550. The van der Waals surface area contributed by atoms with Crippen molar-refractivity contribution in [1.82, 2.24) is 14.9 Å². The van der Waals surface area contributed by atoms with Crippen LogP contribution in [0.1, 0.15) is 25.7 Å². The highest BCUT2D eigenvalue weighted by molar-refractivity contribution is 5.31. The van der Waals surface area contributed by atoms with Gasteiger partial charge in [0.2, 0.25) is 0 Å². The van der Waals surface area contributed by atoms with Crippen LogP contribution >= 0.6 is 0 Å². The first-order chi connectivity index (χ1) is 14.2. The normalized spacial score (nSPS) is 19.2. The predicted molar refractivity (Wildman–Crippen MR) is 106 cm³/mol.